The number of hydrogen-bond acceptors (Lipinski definition) is 3. The molecule has 0 aromatic carbocycles. The molecule has 112 valence electrons. The average Bonchev–Trinajstić information content (AvgIpc) is 2.34. The van der Waals surface area contributed by atoms with Gasteiger partial charge in [-0.1, -0.05) is 0 Å². The number of ether oxygens (including phenoxy) is 1. The van der Waals surface area contributed by atoms with Gasteiger partial charge in [0.25, 0.3) is 0 Å². The first-order chi connectivity index (χ1) is 10.2. The highest BCUT2D eigenvalue weighted by atomic mass is 19.4. The molecule has 1 aliphatic heterocycles. The van der Waals surface area contributed by atoms with E-state index in [1.165, 1.54) is 4.90 Å². The predicted octanol–water partition coefficient (Wildman–Crippen LogP) is 2.49. The van der Waals surface area contributed by atoms with Crippen LogP contribution >= 0.6 is 0 Å². The topological polar surface area (TPSA) is 32.8 Å². The Hall–Kier alpha value is -0.980. The minimum Gasteiger partial charge on any atom is -0.437 e. The molecule has 1 amide bonds. The van der Waals surface area contributed by atoms with E-state index in [9.17, 15) is 18.0 Å². The van der Waals surface area contributed by atoms with Crippen molar-refractivity contribution >= 4 is 6.09 Å². The Morgan fingerprint density at radius 2 is 1.68 bits per heavy atom. The van der Waals surface area contributed by atoms with Crippen molar-refractivity contribution in [3.63, 3.8) is 0 Å². The summed E-state index contributed by atoms with van der Waals surface area (Å²) >= 11 is 0. The second kappa shape index (κ2) is 5.56. The number of carbonyl (C=O) groups is 1. The molecule has 1 fully saturated rings. The van der Waals surface area contributed by atoms with Crippen molar-refractivity contribution in [3.05, 3.63) is 0 Å². The van der Waals surface area contributed by atoms with Gasteiger partial charge in [0.2, 0.25) is 0 Å². The minimum atomic E-state index is -4.77. The van der Waals surface area contributed by atoms with Gasteiger partial charge in [0.1, 0.15) is 0 Å². The molecule has 5 unspecified atom stereocenters. The van der Waals surface area contributed by atoms with E-state index in [2.05, 4.69) is 4.74 Å². The van der Waals surface area contributed by atoms with Crippen molar-refractivity contribution < 1.29 is 28.2 Å². The summed E-state index contributed by atoms with van der Waals surface area (Å²) in [6.45, 7) is -0.324. The minimum absolute atomic E-state index is 0.403. The van der Waals surface area contributed by atoms with Crippen molar-refractivity contribution in [2.24, 2.45) is 0 Å². The molecule has 0 bridgehead atoms. The summed E-state index contributed by atoms with van der Waals surface area (Å²) < 4.78 is 73.5. The number of halogens is 3. The van der Waals surface area contributed by atoms with E-state index < -0.39 is 50.0 Å². The zero-order valence-corrected chi connectivity index (χ0v) is 11.2. The summed E-state index contributed by atoms with van der Waals surface area (Å²) in [6.07, 6.45) is -8.68. The first kappa shape index (κ1) is 10.8. The quantitative estimate of drug-likeness (QED) is 0.742. The van der Waals surface area contributed by atoms with E-state index >= 15 is 0 Å². The zero-order chi connectivity index (χ0) is 18.3. The Labute approximate surface area is 117 Å². The fourth-order valence-corrected chi connectivity index (χ4v) is 1.23. The SMILES string of the molecule is [2H]C1C([2H])N(C(C)(C)C)C([2H])C([2H])N1C(=O)OC(C)C(F)(F)F. The molecule has 4 nitrogen and oxygen atoms in total. The Bertz CT molecular complexity index is 431. The van der Waals surface area contributed by atoms with E-state index in [1.807, 2.05) is 0 Å². The molecule has 1 rings (SSSR count). The van der Waals surface area contributed by atoms with E-state index in [0.29, 0.717) is 11.8 Å². The van der Waals surface area contributed by atoms with Crippen LogP contribution in [0.5, 0.6) is 0 Å². The third-order valence-corrected chi connectivity index (χ3v) is 2.50. The van der Waals surface area contributed by atoms with Crippen LogP contribution in [-0.4, -0.2) is 59.8 Å². The van der Waals surface area contributed by atoms with Gasteiger partial charge in [-0.05, 0) is 27.7 Å². The van der Waals surface area contributed by atoms with E-state index in [4.69, 9.17) is 5.48 Å². The standard InChI is InChI=1S/C12H21F3N2O2/c1-9(12(13,14)15)19-10(18)16-5-7-17(8-6-16)11(2,3)4/h9H,5-8H2,1-4H3/i5D,6D,7D,8D. The van der Waals surface area contributed by atoms with Gasteiger partial charge < -0.3 is 9.64 Å². The van der Waals surface area contributed by atoms with Crippen molar-refractivity contribution in [1.29, 1.82) is 0 Å². The Morgan fingerprint density at radius 1 is 1.21 bits per heavy atom. The highest BCUT2D eigenvalue weighted by Crippen LogP contribution is 2.23. The maximum atomic E-state index is 12.5. The van der Waals surface area contributed by atoms with Crippen molar-refractivity contribution in [2.75, 3.05) is 26.1 Å². The normalized spacial score (nSPS) is 38.8. The van der Waals surface area contributed by atoms with Crippen molar-refractivity contribution in [2.45, 2.75) is 45.5 Å². The summed E-state index contributed by atoms with van der Waals surface area (Å²) in [7, 11) is 0. The first-order valence-electron chi connectivity index (χ1n) is 8.03. The summed E-state index contributed by atoms with van der Waals surface area (Å²) in [5.74, 6) is 0. The molecule has 0 radical (unpaired) electrons. The number of alkyl halides is 3. The lowest BCUT2D eigenvalue weighted by Crippen LogP contribution is -2.55. The Balaban J connectivity index is 3.00. The van der Waals surface area contributed by atoms with Crippen molar-refractivity contribution in [1.82, 2.24) is 9.80 Å². The monoisotopic (exact) mass is 286 g/mol. The predicted molar refractivity (Wildman–Crippen MR) is 64.9 cm³/mol. The van der Waals surface area contributed by atoms with E-state index in [0.717, 1.165) is 0 Å². The van der Waals surface area contributed by atoms with Crippen LogP contribution in [0.25, 0.3) is 0 Å². The second-order valence-corrected chi connectivity index (χ2v) is 5.15. The van der Waals surface area contributed by atoms with Gasteiger partial charge in [-0.15, -0.1) is 0 Å². The lowest BCUT2D eigenvalue weighted by molar-refractivity contribution is -0.200. The number of piperazine rings is 1. The van der Waals surface area contributed by atoms with Gasteiger partial charge in [0.05, 0.1) is 2.74 Å². The van der Waals surface area contributed by atoms with E-state index in [-0.39, 0.29) is 0 Å². The van der Waals surface area contributed by atoms with Gasteiger partial charge in [-0.2, -0.15) is 13.2 Å². The Kier molecular flexibility index (Phi) is 3.15. The Morgan fingerprint density at radius 3 is 2.05 bits per heavy atom. The smallest absolute Gasteiger partial charge is 0.425 e. The summed E-state index contributed by atoms with van der Waals surface area (Å²) in [6, 6.07) is 0. The maximum absolute atomic E-state index is 12.5. The number of amides is 1. The number of rotatable bonds is 1. The average molecular weight is 286 g/mol. The summed E-state index contributed by atoms with van der Waals surface area (Å²) in [4.78, 5) is 13.6. The van der Waals surface area contributed by atoms with Gasteiger partial charge in [0.15, 0.2) is 6.10 Å². The second-order valence-electron chi connectivity index (χ2n) is 5.15. The highest BCUT2D eigenvalue weighted by Gasteiger charge is 2.40. The van der Waals surface area contributed by atoms with Crippen LogP contribution in [0.4, 0.5) is 18.0 Å². The first-order valence-corrected chi connectivity index (χ1v) is 5.72. The molecular weight excluding hydrogens is 261 g/mol. The molecule has 7 heteroatoms. The van der Waals surface area contributed by atoms with Gasteiger partial charge in [-0.25, -0.2) is 4.79 Å². The molecule has 0 spiro atoms. The molecule has 0 aliphatic carbocycles. The van der Waals surface area contributed by atoms with E-state index in [1.54, 1.807) is 20.8 Å². The van der Waals surface area contributed by atoms with Crippen LogP contribution in [0.1, 0.15) is 33.2 Å². The molecule has 1 aliphatic rings. The lowest BCUT2D eigenvalue weighted by Gasteiger charge is -2.42. The summed E-state index contributed by atoms with van der Waals surface area (Å²) in [5, 5.41) is 0. The molecule has 19 heavy (non-hydrogen) atoms. The summed E-state index contributed by atoms with van der Waals surface area (Å²) in [5.41, 5.74) is -0.716. The van der Waals surface area contributed by atoms with Crippen LogP contribution in [0.15, 0.2) is 0 Å². The van der Waals surface area contributed by atoms with Gasteiger partial charge >= 0.3 is 12.3 Å². The fraction of sp³-hybridized carbons (Fsp3) is 0.917. The molecule has 0 saturated carbocycles. The van der Waals surface area contributed by atoms with Crippen LogP contribution < -0.4 is 0 Å². The van der Waals surface area contributed by atoms with Crippen LogP contribution in [0.2, 0.25) is 0 Å². The molecular formula is C12H21F3N2O2. The van der Waals surface area contributed by atoms with Crippen LogP contribution in [0.3, 0.4) is 0 Å². The molecule has 5 atom stereocenters. The molecule has 1 heterocycles. The highest BCUT2D eigenvalue weighted by molar-refractivity contribution is 5.68. The number of carbonyl (C=O) groups excluding carboxylic acids is 1. The van der Waals surface area contributed by atoms with Crippen LogP contribution in [-0.2, 0) is 4.74 Å². The maximum Gasteiger partial charge on any atom is 0.425 e. The fourth-order valence-electron chi connectivity index (χ4n) is 1.23. The van der Waals surface area contributed by atoms with Gasteiger partial charge in [0, 0.05) is 34.4 Å². The van der Waals surface area contributed by atoms with Gasteiger partial charge in [-0.3, -0.25) is 4.90 Å². The van der Waals surface area contributed by atoms with Crippen LogP contribution in [0, 0.1) is 0 Å². The lowest BCUT2D eigenvalue weighted by atomic mass is 10.1. The molecule has 0 N–H and O–H groups in total. The third kappa shape index (κ3) is 4.56. The number of nitrogens with zero attached hydrogens (tertiary/aromatic N) is 2. The number of hydrogen-bond donors (Lipinski definition) is 0. The molecule has 1 saturated heterocycles. The van der Waals surface area contributed by atoms with Crippen molar-refractivity contribution in [3.8, 4) is 0 Å². The molecule has 0 aromatic rings. The zero-order valence-electron chi connectivity index (χ0n) is 15.2. The molecule has 0 aromatic heterocycles. The largest absolute Gasteiger partial charge is 0.437 e. The third-order valence-electron chi connectivity index (χ3n) is 2.50.